The number of rotatable bonds is 2. The van der Waals surface area contributed by atoms with Crippen LogP contribution < -0.4 is 5.73 Å². The fraction of sp³-hybridized carbons (Fsp3) is 0.500. The van der Waals surface area contributed by atoms with Crippen LogP contribution in [-0.2, 0) is 11.3 Å². The molecule has 1 aliphatic rings. The van der Waals surface area contributed by atoms with Crippen LogP contribution in [0.4, 0.5) is 9.18 Å². The fourth-order valence-corrected chi connectivity index (χ4v) is 2.00. The minimum absolute atomic E-state index is 0.000618. The molecule has 2 atom stereocenters. The standard InChI is InChI=1S/C14H19FN2O2/c1-14(16)7-8-17(9-12(14)15)13(18)19-10-11-5-3-2-4-6-11/h2-6,12H,7-10,16H2,1H3. The first kappa shape index (κ1) is 13.8. The summed E-state index contributed by atoms with van der Waals surface area (Å²) in [5.41, 5.74) is 5.85. The number of halogens is 1. The number of hydrogen-bond acceptors (Lipinski definition) is 3. The van der Waals surface area contributed by atoms with Crippen LogP contribution in [-0.4, -0.2) is 35.8 Å². The zero-order valence-electron chi connectivity index (χ0n) is 11.0. The van der Waals surface area contributed by atoms with Crippen molar-refractivity contribution in [2.24, 2.45) is 5.73 Å². The van der Waals surface area contributed by atoms with Gasteiger partial charge in [0.15, 0.2) is 0 Å². The van der Waals surface area contributed by atoms with Crippen molar-refractivity contribution in [3.05, 3.63) is 35.9 Å². The van der Waals surface area contributed by atoms with Crippen molar-refractivity contribution >= 4 is 6.09 Å². The Morgan fingerprint density at radius 1 is 1.53 bits per heavy atom. The van der Waals surface area contributed by atoms with Crippen molar-refractivity contribution in [1.29, 1.82) is 0 Å². The number of nitrogens with zero attached hydrogens (tertiary/aromatic N) is 1. The normalized spacial score (nSPS) is 27.1. The summed E-state index contributed by atoms with van der Waals surface area (Å²) in [6, 6.07) is 9.39. The van der Waals surface area contributed by atoms with Gasteiger partial charge in [-0.3, -0.25) is 0 Å². The summed E-state index contributed by atoms with van der Waals surface area (Å²) in [5.74, 6) is 0. The van der Waals surface area contributed by atoms with Crippen LogP contribution in [0.15, 0.2) is 30.3 Å². The van der Waals surface area contributed by atoms with Gasteiger partial charge in [0, 0.05) is 12.1 Å². The van der Waals surface area contributed by atoms with Gasteiger partial charge in [0.05, 0.1) is 6.54 Å². The zero-order chi connectivity index (χ0) is 13.9. The lowest BCUT2D eigenvalue weighted by Gasteiger charge is -2.38. The van der Waals surface area contributed by atoms with Gasteiger partial charge >= 0.3 is 6.09 Å². The zero-order valence-corrected chi connectivity index (χ0v) is 11.0. The fourth-order valence-electron chi connectivity index (χ4n) is 2.00. The Morgan fingerprint density at radius 2 is 2.21 bits per heavy atom. The molecule has 1 saturated heterocycles. The van der Waals surface area contributed by atoms with Crippen LogP contribution in [0.5, 0.6) is 0 Å². The van der Waals surface area contributed by atoms with E-state index in [1.54, 1.807) is 6.92 Å². The predicted octanol–water partition coefficient (Wildman–Crippen LogP) is 2.08. The molecule has 0 bridgehead atoms. The van der Waals surface area contributed by atoms with Crippen molar-refractivity contribution in [2.45, 2.75) is 31.7 Å². The summed E-state index contributed by atoms with van der Waals surface area (Å²) in [6.45, 7) is 2.30. The van der Waals surface area contributed by atoms with Crippen molar-refractivity contribution in [3.8, 4) is 0 Å². The van der Waals surface area contributed by atoms with E-state index in [1.165, 1.54) is 4.90 Å². The van der Waals surface area contributed by atoms with Gasteiger partial charge in [0.25, 0.3) is 0 Å². The molecule has 2 N–H and O–H groups in total. The number of carbonyl (C=O) groups excluding carboxylic acids is 1. The van der Waals surface area contributed by atoms with Gasteiger partial charge in [0.1, 0.15) is 12.8 Å². The van der Waals surface area contributed by atoms with Crippen LogP contribution >= 0.6 is 0 Å². The predicted molar refractivity (Wildman–Crippen MR) is 70.3 cm³/mol. The van der Waals surface area contributed by atoms with Gasteiger partial charge < -0.3 is 15.4 Å². The lowest BCUT2D eigenvalue weighted by Crippen LogP contribution is -2.58. The highest BCUT2D eigenvalue weighted by atomic mass is 19.1. The molecular weight excluding hydrogens is 247 g/mol. The number of nitrogens with two attached hydrogens (primary N) is 1. The molecule has 0 aromatic heterocycles. The molecule has 1 aliphatic heterocycles. The van der Waals surface area contributed by atoms with Crippen molar-refractivity contribution in [1.82, 2.24) is 4.90 Å². The lowest BCUT2D eigenvalue weighted by molar-refractivity contribution is 0.0461. The van der Waals surface area contributed by atoms with E-state index >= 15 is 0 Å². The smallest absolute Gasteiger partial charge is 0.410 e. The number of hydrogen-bond donors (Lipinski definition) is 1. The van der Waals surface area contributed by atoms with E-state index in [4.69, 9.17) is 10.5 Å². The van der Waals surface area contributed by atoms with Crippen molar-refractivity contribution in [3.63, 3.8) is 0 Å². The molecule has 1 heterocycles. The molecule has 2 rings (SSSR count). The summed E-state index contributed by atoms with van der Waals surface area (Å²) in [4.78, 5) is 13.2. The molecule has 0 spiro atoms. The number of alkyl halides is 1. The Morgan fingerprint density at radius 3 is 2.84 bits per heavy atom. The maximum atomic E-state index is 13.8. The first-order valence-electron chi connectivity index (χ1n) is 6.37. The van der Waals surface area contributed by atoms with E-state index in [-0.39, 0.29) is 13.2 Å². The second-order valence-electron chi connectivity index (χ2n) is 5.21. The quantitative estimate of drug-likeness (QED) is 0.891. The number of piperidine rings is 1. The Kier molecular flexibility index (Phi) is 4.04. The Bertz CT molecular complexity index is 436. The first-order valence-corrected chi connectivity index (χ1v) is 6.37. The molecule has 5 heteroatoms. The molecule has 0 saturated carbocycles. The van der Waals surface area contributed by atoms with Crippen molar-refractivity contribution in [2.75, 3.05) is 13.1 Å². The van der Waals surface area contributed by atoms with Crippen LogP contribution in [0.25, 0.3) is 0 Å². The largest absolute Gasteiger partial charge is 0.445 e. The third-order valence-corrected chi connectivity index (χ3v) is 3.48. The van der Waals surface area contributed by atoms with E-state index in [9.17, 15) is 9.18 Å². The highest BCUT2D eigenvalue weighted by molar-refractivity contribution is 5.67. The van der Waals surface area contributed by atoms with Crippen LogP contribution in [0.1, 0.15) is 18.9 Å². The minimum Gasteiger partial charge on any atom is -0.445 e. The number of benzene rings is 1. The van der Waals surface area contributed by atoms with Gasteiger partial charge in [-0.05, 0) is 18.9 Å². The molecule has 1 aromatic carbocycles. The molecule has 19 heavy (non-hydrogen) atoms. The van der Waals surface area contributed by atoms with E-state index in [0.29, 0.717) is 13.0 Å². The summed E-state index contributed by atoms with van der Waals surface area (Å²) in [7, 11) is 0. The topological polar surface area (TPSA) is 55.6 Å². The summed E-state index contributed by atoms with van der Waals surface area (Å²) >= 11 is 0. The van der Waals surface area contributed by atoms with E-state index in [1.807, 2.05) is 30.3 Å². The van der Waals surface area contributed by atoms with Gasteiger partial charge in [-0.15, -0.1) is 0 Å². The molecule has 2 unspecified atom stereocenters. The highest BCUT2D eigenvalue weighted by Gasteiger charge is 2.38. The van der Waals surface area contributed by atoms with Gasteiger partial charge in [-0.1, -0.05) is 30.3 Å². The minimum atomic E-state index is -1.22. The summed E-state index contributed by atoms with van der Waals surface area (Å²) in [5, 5.41) is 0. The van der Waals surface area contributed by atoms with E-state index in [0.717, 1.165) is 5.56 Å². The third kappa shape index (κ3) is 3.44. The first-order chi connectivity index (χ1) is 8.99. The van der Waals surface area contributed by atoms with E-state index < -0.39 is 17.8 Å². The summed E-state index contributed by atoms with van der Waals surface area (Å²) in [6.07, 6.45) is -1.26. The lowest BCUT2D eigenvalue weighted by atomic mass is 9.89. The maximum absolute atomic E-state index is 13.8. The molecule has 4 nitrogen and oxygen atoms in total. The molecule has 1 aromatic rings. The van der Waals surface area contributed by atoms with Crippen molar-refractivity contribution < 1.29 is 13.9 Å². The second kappa shape index (κ2) is 5.57. The summed E-state index contributed by atoms with van der Waals surface area (Å²) < 4.78 is 18.9. The molecule has 1 fully saturated rings. The SMILES string of the molecule is CC1(N)CCN(C(=O)OCc2ccccc2)CC1F. The van der Waals surface area contributed by atoms with Gasteiger partial charge in [0.2, 0.25) is 0 Å². The van der Waals surface area contributed by atoms with Gasteiger partial charge in [-0.25, -0.2) is 9.18 Å². The number of ether oxygens (including phenoxy) is 1. The van der Waals surface area contributed by atoms with Crippen LogP contribution in [0, 0.1) is 0 Å². The number of amides is 1. The third-order valence-electron chi connectivity index (χ3n) is 3.48. The van der Waals surface area contributed by atoms with E-state index in [2.05, 4.69) is 0 Å². The maximum Gasteiger partial charge on any atom is 0.410 e. The van der Waals surface area contributed by atoms with Crippen LogP contribution in [0.2, 0.25) is 0 Å². The monoisotopic (exact) mass is 266 g/mol. The number of likely N-dealkylation sites (tertiary alicyclic amines) is 1. The molecule has 1 amide bonds. The Balaban J connectivity index is 1.84. The average molecular weight is 266 g/mol. The molecule has 0 aliphatic carbocycles. The molecular formula is C14H19FN2O2. The van der Waals surface area contributed by atoms with Gasteiger partial charge in [-0.2, -0.15) is 0 Å². The van der Waals surface area contributed by atoms with Crippen LogP contribution in [0.3, 0.4) is 0 Å². The average Bonchev–Trinajstić information content (AvgIpc) is 2.40. The number of carbonyl (C=O) groups is 1. The second-order valence-corrected chi connectivity index (χ2v) is 5.21. The Labute approximate surface area is 112 Å². The highest BCUT2D eigenvalue weighted by Crippen LogP contribution is 2.22. The molecule has 0 radical (unpaired) electrons. The Hall–Kier alpha value is -1.62. The molecule has 104 valence electrons.